The van der Waals surface area contributed by atoms with Crippen molar-refractivity contribution in [3.63, 3.8) is 0 Å². The fourth-order valence-corrected chi connectivity index (χ4v) is 0.502. The molecule has 0 aliphatic carbocycles. The molecule has 0 bridgehead atoms. The molecular formula is C7H15NO3. The van der Waals surface area contributed by atoms with Crippen LogP contribution in [0.3, 0.4) is 0 Å². The lowest BCUT2D eigenvalue weighted by Crippen LogP contribution is -2.35. The second kappa shape index (κ2) is 5.09. The topological polar surface area (TPSA) is 72.5 Å². The van der Waals surface area contributed by atoms with Gasteiger partial charge in [-0.05, 0) is 5.92 Å². The molecule has 0 saturated carbocycles. The second-order valence-electron chi connectivity index (χ2n) is 2.88. The van der Waals surface area contributed by atoms with Gasteiger partial charge in [0.2, 0.25) is 0 Å². The summed E-state index contributed by atoms with van der Waals surface area (Å²) in [4.78, 5) is 10.2. The number of carbonyl (C=O) groups is 1. The monoisotopic (exact) mass is 161 g/mol. The molecule has 4 nitrogen and oxygen atoms in total. The molecule has 0 radical (unpaired) electrons. The average molecular weight is 161 g/mol. The predicted octanol–water partition coefficient (Wildman–Crippen LogP) is 0.0709. The van der Waals surface area contributed by atoms with Gasteiger partial charge in [-0.1, -0.05) is 13.8 Å². The van der Waals surface area contributed by atoms with Crippen LogP contribution in [0, 0.1) is 5.92 Å². The zero-order chi connectivity index (χ0) is 8.85. The highest BCUT2D eigenvalue weighted by Gasteiger charge is 2.10. The molecule has 0 aromatic heterocycles. The molecule has 4 heteroatoms. The van der Waals surface area contributed by atoms with Crippen LogP contribution in [-0.4, -0.2) is 30.3 Å². The van der Waals surface area contributed by atoms with Gasteiger partial charge in [0, 0.05) is 6.61 Å². The molecule has 0 unspecified atom stereocenters. The molecule has 11 heavy (non-hydrogen) atoms. The summed E-state index contributed by atoms with van der Waals surface area (Å²) in [5.74, 6) is -0.607. The Labute approximate surface area is 66.3 Å². The summed E-state index contributed by atoms with van der Waals surface area (Å²) in [5.41, 5.74) is 5.18. The highest BCUT2D eigenvalue weighted by Crippen LogP contribution is 1.92. The summed E-state index contributed by atoms with van der Waals surface area (Å²) in [6.45, 7) is 4.63. The van der Waals surface area contributed by atoms with E-state index < -0.39 is 12.0 Å². The fraction of sp³-hybridized carbons (Fsp3) is 0.857. The Morgan fingerprint density at radius 3 is 2.45 bits per heavy atom. The van der Waals surface area contributed by atoms with Gasteiger partial charge in [0.25, 0.3) is 0 Å². The van der Waals surface area contributed by atoms with Crippen molar-refractivity contribution < 1.29 is 14.6 Å². The van der Waals surface area contributed by atoms with Crippen LogP contribution in [-0.2, 0) is 9.53 Å². The van der Waals surface area contributed by atoms with Gasteiger partial charge >= 0.3 is 5.97 Å². The fourth-order valence-electron chi connectivity index (χ4n) is 0.502. The van der Waals surface area contributed by atoms with E-state index in [1.165, 1.54) is 0 Å². The van der Waals surface area contributed by atoms with E-state index in [9.17, 15) is 4.79 Å². The third-order valence-electron chi connectivity index (χ3n) is 1.07. The van der Waals surface area contributed by atoms with Crippen LogP contribution in [0.25, 0.3) is 0 Å². The lowest BCUT2D eigenvalue weighted by atomic mass is 10.2. The summed E-state index contributed by atoms with van der Waals surface area (Å²) in [6, 6.07) is -0.895. The lowest BCUT2D eigenvalue weighted by Gasteiger charge is -2.08. The van der Waals surface area contributed by atoms with Gasteiger partial charge in [-0.3, -0.25) is 4.79 Å². The number of carboxylic acid groups (broad SMARTS) is 1. The van der Waals surface area contributed by atoms with Crippen LogP contribution in [0.4, 0.5) is 0 Å². The summed E-state index contributed by atoms with van der Waals surface area (Å²) < 4.78 is 5.01. The third-order valence-corrected chi connectivity index (χ3v) is 1.07. The zero-order valence-electron chi connectivity index (χ0n) is 6.91. The Bertz CT molecular complexity index is 125. The molecule has 0 saturated heterocycles. The van der Waals surface area contributed by atoms with Crippen molar-refractivity contribution in [2.24, 2.45) is 11.7 Å². The Hall–Kier alpha value is -0.610. The van der Waals surface area contributed by atoms with E-state index >= 15 is 0 Å². The van der Waals surface area contributed by atoms with Crippen LogP contribution in [0.15, 0.2) is 0 Å². The Morgan fingerprint density at radius 1 is 1.55 bits per heavy atom. The Morgan fingerprint density at radius 2 is 2.09 bits per heavy atom. The van der Waals surface area contributed by atoms with E-state index in [1.807, 2.05) is 13.8 Å². The molecule has 0 spiro atoms. The van der Waals surface area contributed by atoms with Gasteiger partial charge in [-0.15, -0.1) is 0 Å². The maximum absolute atomic E-state index is 10.2. The van der Waals surface area contributed by atoms with E-state index in [2.05, 4.69) is 0 Å². The highest BCUT2D eigenvalue weighted by atomic mass is 16.5. The largest absolute Gasteiger partial charge is 0.480 e. The van der Waals surface area contributed by atoms with Crippen LogP contribution in [0.5, 0.6) is 0 Å². The maximum atomic E-state index is 10.2. The molecule has 1 atom stereocenters. The first-order valence-corrected chi connectivity index (χ1v) is 3.60. The summed E-state index contributed by atoms with van der Waals surface area (Å²) in [5, 5.41) is 8.34. The van der Waals surface area contributed by atoms with Crippen molar-refractivity contribution >= 4 is 5.97 Å². The van der Waals surface area contributed by atoms with Crippen molar-refractivity contribution in [2.75, 3.05) is 13.2 Å². The Kier molecular flexibility index (Phi) is 4.81. The van der Waals surface area contributed by atoms with Crippen LogP contribution < -0.4 is 5.73 Å². The molecule has 0 fully saturated rings. The van der Waals surface area contributed by atoms with Crippen molar-refractivity contribution in [3.05, 3.63) is 0 Å². The Balaban J connectivity index is 3.31. The van der Waals surface area contributed by atoms with Crippen LogP contribution >= 0.6 is 0 Å². The van der Waals surface area contributed by atoms with Crippen molar-refractivity contribution in [1.29, 1.82) is 0 Å². The molecule has 0 rings (SSSR count). The smallest absolute Gasteiger partial charge is 0.322 e. The third kappa shape index (κ3) is 5.82. The first-order valence-electron chi connectivity index (χ1n) is 3.60. The van der Waals surface area contributed by atoms with Crippen molar-refractivity contribution in [3.8, 4) is 0 Å². The molecular weight excluding hydrogens is 146 g/mol. The number of rotatable bonds is 5. The quantitative estimate of drug-likeness (QED) is 0.598. The molecule has 0 aromatic rings. The molecule has 0 aromatic carbocycles. The number of ether oxygens (including phenoxy) is 1. The average Bonchev–Trinajstić information content (AvgIpc) is 1.86. The van der Waals surface area contributed by atoms with Gasteiger partial charge in [0.15, 0.2) is 0 Å². The van der Waals surface area contributed by atoms with E-state index in [0.717, 1.165) is 0 Å². The SMILES string of the molecule is CC(C)COC[C@@H](N)C(=O)O. The molecule has 0 aliphatic rings. The van der Waals surface area contributed by atoms with Crippen molar-refractivity contribution in [2.45, 2.75) is 19.9 Å². The van der Waals surface area contributed by atoms with Crippen LogP contribution in [0.2, 0.25) is 0 Å². The van der Waals surface area contributed by atoms with E-state index in [0.29, 0.717) is 12.5 Å². The van der Waals surface area contributed by atoms with Gasteiger partial charge in [-0.25, -0.2) is 0 Å². The minimum Gasteiger partial charge on any atom is -0.480 e. The summed E-state index contributed by atoms with van der Waals surface area (Å²) in [6.07, 6.45) is 0. The number of nitrogens with two attached hydrogens (primary N) is 1. The second-order valence-corrected chi connectivity index (χ2v) is 2.88. The minimum atomic E-state index is -1.02. The normalized spacial score (nSPS) is 13.5. The number of hydrogen-bond donors (Lipinski definition) is 2. The van der Waals surface area contributed by atoms with Gasteiger partial charge in [-0.2, -0.15) is 0 Å². The zero-order valence-corrected chi connectivity index (χ0v) is 6.91. The molecule has 3 N–H and O–H groups in total. The first kappa shape index (κ1) is 10.4. The molecule has 0 aliphatic heterocycles. The molecule has 0 heterocycles. The first-order chi connectivity index (χ1) is 5.04. The van der Waals surface area contributed by atoms with E-state index in [-0.39, 0.29) is 6.61 Å². The lowest BCUT2D eigenvalue weighted by molar-refractivity contribution is -0.140. The number of carboxylic acids is 1. The summed E-state index contributed by atoms with van der Waals surface area (Å²) >= 11 is 0. The van der Waals surface area contributed by atoms with E-state index in [1.54, 1.807) is 0 Å². The molecule has 66 valence electrons. The van der Waals surface area contributed by atoms with Crippen molar-refractivity contribution in [1.82, 2.24) is 0 Å². The maximum Gasteiger partial charge on any atom is 0.322 e. The predicted molar refractivity (Wildman–Crippen MR) is 41.3 cm³/mol. The molecule has 0 amide bonds. The van der Waals surface area contributed by atoms with Gasteiger partial charge in [0.05, 0.1) is 6.61 Å². The standard InChI is InChI=1S/C7H15NO3/c1-5(2)3-11-4-6(8)7(9)10/h5-6H,3-4,8H2,1-2H3,(H,9,10)/t6-/m1/s1. The minimum absolute atomic E-state index is 0.0908. The van der Waals surface area contributed by atoms with Crippen LogP contribution in [0.1, 0.15) is 13.8 Å². The summed E-state index contributed by atoms with van der Waals surface area (Å²) in [7, 11) is 0. The van der Waals surface area contributed by atoms with E-state index in [4.69, 9.17) is 15.6 Å². The van der Waals surface area contributed by atoms with Gasteiger partial charge < -0.3 is 15.6 Å². The highest BCUT2D eigenvalue weighted by molar-refractivity contribution is 5.73. The van der Waals surface area contributed by atoms with Gasteiger partial charge in [0.1, 0.15) is 6.04 Å². The number of aliphatic carboxylic acids is 1. The number of hydrogen-bond acceptors (Lipinski definition) is 3.